The van der Waals surface area contributed by atoms with Crippen molar-refractivity contribution in [1.29, 1.82) is 0 Å². The summed E-state index contributed by atoms with van der Waals surface area (Å²) < 4.78 is 61.8. The van der Waals surface area contributed by atoms with Gasteiger partial charge in [0.25, 0.3) is 0 Å². The molecule has 3 aromatic carbocycles. The average Bonchev–Trinajstić information content (AvgIpc) is 2.88. The second-order valence-electron chi connectivity index (χ2n) is 8.17. The minimum atomic E-state index is -3.95. The van der Waals surface area contributed by atoms with Crippen LogP contribution in [0, 0.1) is 0 Å². The fourth-order valence-electron chi connectivity index (χ4n) is 4.04. The first-order valence-electron chi connectivity index (χ1n) is 11.1. The molecule has 0 radical (unpaired) electrons. The molecule has 1 aliphatic rings. The summed E-state index contributed by atoms with van der Waals surface area (Å²) in [6, 6.07) is 21.2. The molecule has 0 saturated carbocycles. The highest BCUT2D eigenvalue weighted by atomic mass is 32.2. The summed E-state index contributed by atoms with van der Waals surface area (Å²) in [6.45, 7) is 0.981. The van der Waals surface area contributed by atoms with E-state index in [-0.39, 0.29) is 9.79 Å². The Kier molecular flexibility index (Phi) is 7.37. The molecule has 9 heteroatoms. The number of piperidine rings is 1. The SMILES string of the molecule is COc1ccc([C@H](NS(=O)(=O)c2ccc(S(=O)(=O)N3CCCCC3)cc2)c2ccccc2)cc1. The predicted molar refractivity (Wildman–Crippen MR) is 131 cm³/mol. The first-order chi connectivity index (χ1) is 16.3. The van der Waals surface area contributed by atoms with E-state index < -0.39 is 26.1 Å². The summed E-state index contributed by atoms with van der Waals surface area (Å²) in [7, 11) is -6.01. The molecule has 3 aromatic rings. The largest absolute Gasteiger partial charge is 0.497 e. The van der Waals surface area contributed by atoms with E-state index in [0.717, 1.165) is 30.4 Å². The van der Waals surface area contributed by atoms with Gasteiger partial charge in [0.05, 0.1) is 22.9 Å². The molecule has 0 unspecified atom stereocenters. The zero-order valence-electron chi connectivity index (χ0n) is 18.9. The van der Waals surface area contributed by atoms with Gasteiger partial charge in [-0.25, -0.2) is 16.8 Å². The van der Waals surface area contributed by atoms with Crippen molar-refractivity contribution in [2.24, 2.45) is 0 Å². The van der Waals surface area contributed by atoms with Crippen LogP contribution in [0.3, 0.4) is 0 Å². The second kappa shape index (κ2) is 10.3. The Bertz CT molecular complexity index is 1300. The van der Waals surface area contributed by atoms with Crippen molar-refractivity contribution in [3.63, 3.8) is 0 Å². The van der Waals surface area contributed by atoms with Crippen molar-refractivity contribution in [3.05, 3.63) is 90.0 Å². The minimum Gasteiger partial charge on any atom is -0.497 e. The van der Waals surface area contributed by atoms with Gasteiger partial charge in [-0.15, -0.1) is 0 Å². The van der Waals surface area contributed by atoms with Crippen LogP contribution in [0.15, 0.2) is 88.7 Å². The number of nitrogens with one attached hydrogen (secondary N) is 1. The summed E-state index contributed by atoms with van der Waals surface area (Å²) in [5.41, 5.74) is 1.53. The Morgan fingerprint density at radius 1 is 0.735 bits per heavy atom. The van der Waals surface area contributed by atoms with Crippen LogP contribution in [0.1, 0.15) is 36.4 Å². The van der Waals surface area contributed by atoms with Crippen LogP contribution in [0.25, 0.3) is 0 Å². The van der Waals surface area contributed by atoms with Gasteiger partial charge in [0.1, 0.15) is 5.75 Å². The van der Waals surface area contributed by atoms with Crippen LogP contribution in [0.5, 0.6) is 5.75 Å². The number of hydrogen-bond acceptors (Lipinski definition) is 5. The molecule has 4 rings (SSSR count). The predicted octanol–water partition coefficient (Wildman–Crippen LogP) is 3.94. The summed E-state index contributed by atoms with van der Waals surface area (Å²) in [4.78, 5) is 0.0997. The van der Waals surface area contributed by atoms with E-state index >= 15 is 0 Å². The van der Waals surface area contributed by atoms with Crippen molar-refractivity contribution < 1.29 is 21.6 Å². The van der Waals surface area contributed by atoms with Crippen LogP contribution < -0.4 is 9.46 Å². The van der Waals surface area contributed by atoms with Crippen molar-refractivity contribution in [3.8, 4) is 5.75 Å². The third-order valence-electron chi connectivity index (χ3n) is 5.94. The Labute approximate surface area is 201 Å². The standard InChI is InChI=1S/C25H28N2O5S2/c1-32-22-12-10-21(11-13-22)25(20-8-4-2-5-9-20)26-33(28,29)23-14-16-24(17-15-23)34(30,31)27-18-6-3-7-19-27/h2,4-5,8-17,25-26H,3,6-7,18-19H2,1H3/t25-/m1/s1. The highest BCUT2D eigenvalue weighted by molar-refractivity contribution is 7.89. The van der Waals surface area contributed by atoms with Crippen LogP contribution in [0.4, 0.5) is 0 Å². The van der Waals surface area contributed by atoms with E-state index in [1.807, 2.05) is 42.5 Å². The second-order valence-corrected chi connectivity index (χ2v) is 11.8. The Hall–Kier alpha value is -2.72. The van der Waals surface area contributed by atoms with E-state index in [0.29, 0.717) is 18.8 Å². The van der Waals surface area contributed by atoms with Gasteiger partial charge < -0.3 is 4.74 Å². The van der Waals surface area contributed by atoms with Crippen molar-refractivity contribution in [2.75, 3.05) is 20.2 Å². The first-order valence-corrected chi connectivity index (χ1v) is 14.0. The lowest BCUT2D eigenvalue weighted by atomic mass is 10.00. The third-order valence-corrected chi connectivity index (χ3v) is 9.29. The van der Waals surface area contributed by atoms with Gasteiger partial charge in [-0.1, -0.05) is 48.9 Å². The number of methoxy groups -OCH3 is 1. The topological polar surface area (TPSA) is 92.8 Å². The molecule has 0 bridgehead atoms. The molecule has 1 N–H and O–H groups in total. The molecule has 0 aliphatic carbocycles. The number of hydrogen-bond donors (Lipinski definition) is 1. The average molecular weight is 501 g/mol. The number of benzene rings is 3. The molecule has 7 nitrogen and oxygen atoms in total. The van der Waals surface area contributed by atoms with Crippen molar-refractivity contribution >= 4 is 20.0 Å². The van der Waals surface area contributed by atoms with Crippen LogP contribution >= 0.6 is 0 Å². The quantitative estimate of drug-likeness (QED) is 0.506. The van der Waals surface area contributed by atoms with Gasteiger partial charge in [-0.2, -0.15) is 9.03 Å². The van der Waals surface area contributed by atoms with Gasteiger partial charge >= 0.3 is 0 Å². The number of ether oxygens (including phenoxy) is 1. The van der Waals surface area contributed by atoms with Gasteiger partial charge in [0.2, 0.25) is 20.0 Å². The summed E-state index contributed by atoms with van der Waals surface area (Å²) in [5, 5.41) is 0. The molecular formula is C25H28N2O5S2. The Balaban J connectivity index is 1.61. The first kappa shape index (κ1) is 24.4. The maximum atomic E-state index is 13.3. The zero-order valence-corrected chi connectivity index (χ0v) is 20.6. The monoisotopic (exact) mass is 500 g/mol. The third kappa shape index (κ3) is 5.33. The summed E-state index contributed by atoms with van der Waals surface area (Å²) in [5.74, 6) is 0.670. The van der Waals surface area contributed by atoms with Gasteiger partial charge in [-0.3, -0.25) is 0 Å². The Morgan fingerprint density at radius 3 is 1.88 bits per heavy atom. The molecule has 1 fully saturated rings. The van der Waals surface area contributed by atoms with E-state index in [9.17, 15) is 16.8 Å². The molecule has 34 heavy (non-hydrogen) atoms. The highest BCUT2D eigenvalue weighted by Crippen LogP contribution is 2.27. The zero-order chi connectivity index (χ0) is 24.2. The van der Waals surface area contributed by atoms with Crippen LogP contribution in [-0.4, -0.2) is 41.3 Å². The summed E-state index contributed by atoms with van der Waals surface area (Å²) >= 11 is 0. The van der Waals surface area contributed by atoms with Gasteiger partial charge in [-0.05, 0) is 60.4 Å². The molecule has 180 valence electrons. The lowest BCUT2D eigenvalue weighted by molar-refractivity contribution is 0.346. The molecule has 0 amide bonds. The van der Waals surface area contributed by atoms with Gasteiger partial charge in [0.15, 0.2) is 0 Å². The summed E-state index contributed by atoms with van der Waals surface area (Å²) in [6.07, 6.45) is 2.69. The lowest BCUT2D eigenvalue weighted by Gasteiger charge is -2.26. The molecule has 0 aromatic heterocycles. The number of rotatable bonds is 8. The lowest BCUT2D eigenvalue weighted by Crippen LogP contribution is -2.35. The fraction of sp³-hybridized carbons (Fsp3) is 0.280. The Morgan fingerprint density at radius 2 is 1.29 bits per heavy atom. The van der Waals surface area contributed by atoms with Crippen LogP contribution in [-0.2, 0) is 20.0 Å². The molecule has 1 saturated heterocycles. The molecule has 0 spiro atoms. The fourth-order valence-corrected chi connectivity index (χ4v) is 6.77. The maximum Gasteiger partial charge on any atom is 0.243 e. The van der Waals surface area contributed by atoms with E-state index in [1.54, 1.807) is 19.2 Å². The smallest absolute Gasteiger partial charge is 0.243 e. The number of nitrogens with zero attached hydrogens (tertiary/aromatic N) is 1. The maximum absolute atomic E-state index is 13.3. The molecular weight excluding hydrogens is 472 g/mol. The minimum absolute atomic E-state index is 0.000429. The van der Waals surface area contributed by atoms with Gasteiger partial charge in [0, 0.05) is 13.1 Å². The molecule has 1 atom stereocenters. The van der Waals surface area contributed by atoms with Crippen molar-refractivity contribution in [1.82, 2.24) is 9.03 Å². The van der Waals surface area contributed by atoms with E-state index in [4.69, 9.17) is 4.74 Å². The van der Waals surface area contributed by atoms with Crippen LogP contribution in [0.2, 0.25) is 0 Å². The van der Waals surface area contributed by atoms with E-state index in [1.165, 1.54) is 28.6 Å². The molecule has 1 aliphatic heterocycles. The molecule has 1 heterocycles. The normalized spacial score (nSPS) is 16.1. The van der Waals surface area contributed by atoms with Crippen molar-refractivity contribution in [2.45, 2.75) is 35.1 Å². The highest BCUT2D eigenvalue weighted by Gasteiger charge is 2.27. The van der Waals surface area contributed by atoms with E-state index in [2.05, 4.69) is 4.72 Å². The number of sulfonamides is 2.